The van der Waals surface area contributed by atoms with Crippen LogP contribution >= 0.6 is 0 Å². The highest BCUT2D eigenvalue weighted by Gasteiger charge is 2.21. The van der Waals surface area contributed by atoms with Crippen molar-refractivity contribution >= 4 is 98.3 Å². The number of nitrogens with zero attached hydrogens (tertiary/aromatic N) is 8. The molecular weight excluding hydrogens is 1150 g/mol. The lowest BCUT2D eigenvalue weighted by Crippen LogP contribution is -1.97. The molecule has 0 aliphatic carbocycles. The second kappa shape index (κ2) is 22.6. The summed E-state index contributed by atoms with van der Waals surface area (Å²) in [5.41, 5.74) is 23.5. The van der Waals surface area contributed by atoms with E-state index in [9.17, 15) is 0 Å². The Bertz CT molecular complexity index is 6160. The molecule has 19 rings (SSSR count). The van der Waals surface area contributed by atoms with E-state index in [0.29, 0.717) is 0 Å². The highest BCUT2D eigenvalue weighted by molar-refractivity contribution is 6.20. The van der Waals surface area contributed by atoms with Gasteiger partial charge in [-0.1, -0.05) is 237 Å². The molecule has 6 aromatic heterocycles. The molecule has 19 aromatic rings. The van der Waals surface area contributed by atoms with Crippen LogP contribution in [0.4, 0.5) is 0 Å². The van der Waals surface area contributed by atoms with Crippen LogP contribution in [0.25, 0.3) is 177 Å². The molecule has 0 radical (unpaired) electrons. The SMILES string of the molecule is c1ccc(-n2c(-c3ccc(-c4ccc(-c5c6ccccc6nc6c5ccc5cccnc56)c5ccccc45)cc3)nc3ccccc32)cc1.c1ccc(-n2c(-c3ccc(-c4cccc(-c5c6ccccc6nc6c5ccc5cccnc56)c4)cc3)nc3ccccc32)cc1. The second-order valence-electron chi connectivity index (χ2n) is 23.7. The summed E-state index contributed by atoms with van der Waals surface area (Å²) < 4.78 is 4.49. The lowest BCUT2D eigenvalue weighted by Gasteiger charge is -2.17. The molecule has 0 amide bonds. The fraction of sp³-hybridized carbons (Fsp3) is 0. The van der Waals surface area contributed by atoms with Gasteiger partial charge in [0, 0.05) is 78.3 Å². The van der Waals surface area contributed by atoms with Crippen LogP contribution in [0.15, 0.2) is 328 Å². The van der Waals surface area contributed by atoms with Gasteiger partial charge in [0.2, 0.25) is 0 Å². The topological polar surface area (TPSA) is 87.2 Å². The first-order chi connectivity index (χ1) is 46.6. The Balaban J connectivity index is 0.000000138. The number of aromatic nitrogens is 8. The smallest absolute Gasteiger partial charge is 0.145 e. The molecule has 8 nitrogen and oxygen atoms in total. The van der Waals surface area contributed by atoms with Crippen LogP contribution in [0, 0.1) is 0 Å². The minimum atomic E-state index is 0.925. The quantitative estimate of drug-likeness (QED) is 0.111. The zero-order valence-corrected chi connectivity index (χ0v) is 50.8. The number of fused-ring (bicyclic) bond motifs is 11. The third-order valence-electron chi connectivity index (χ3n) is 18.3. The lowest BCUT2D eigenvalue weighted by atomic mass is 9.88. The fourth-order valence-electron chi connectivity index (χ4n) is 13.9. The van der Waals surface area contributed by atoms with Crippen molar-refractivity contribution in [2.45, 2.75) is 0 Å². The van der Waals surface area contributed by atoms with Crippen LogP contribution in [-0.4, -0.2) is 39.0 Å². The molecule has 8 heteroatoms. The van der Waals surface area contributed by atoms with E-state index in [1.807, 2.05) is 54.9 Å². The van der Waals surface area contributed by atoms with Gasteiger partial charge in [-0.05, 0) is 123 Å². The van der Waals surface area contributed by atoms with Crippen molar-refractivity contribution < 1.29 is 0 Å². The van der Waals surface area contributed by atoms with Gasteiger partial charge >= 0.3 is 0 Å². The third kappa shape index (κ3) is 9.22. The Morgan fingerprint density at radius 1 is 0.223 bits per heavy atom. The van der Waals surface area contributed by atoms with E-state index in [1.165, 1.54) is 33.0 Å². The molecule has 13 aromatic carbocycles. The summed E-state index contributed by atoms with van der Waals surface area (Å²) in [6, 6.07) is 111. The highest BCUT2D eigenvalue weighted by Crippen LogP contribution is 2.44. The monoisotopic (exact) mass is 1200 g/mol. The summed E-state index contributed by atoms with van der Waals surface area (Å²) in [5, 5.41) is 9.06. The number of benzene rings is 13. The van der Waals surface area contributed by atoms with Crippen LogP contribution in [-0.2, 0) is 0 Å². The van der Waals surface area contributed by atoms with Crippen LogP contribution in [0.1, 0.15) is 0 Å². The number of hydrogen-bond donors (Lipinski definition) is 0. The van der Waals surface area contributed by atoms with Gasteiger partial charge in [-0.15, -0.1) is 0 Å². The van der Waals surface area contributed by atoms with Crippen molar-refractivity contribution in [1.29, 1.82) is 0 Å². The van der Waals surface area contributed by atoms with Gasteiger partial charge in [0.15, 0.2) is 0 Å². The van der Waals surface area contributed by atoms with E-state index in [4.69, 9.17) is 29.9 Å². The first kappa shape index (κ1) is 54.2. The minimum absolute atomic E-state index is 0.925. The Morgan fingerprint density at radius 3 is 1.20 bits per heavy atom. The predicted molar refractivity (Wildman–Crippen MR) is 388 cm³/mol. The molecule has 0 fully saturated rings. The van der Waals surface area contributed by atoms with E-state index in [1.54, 1.807) is 0 Å². The number of imidazole rings is 2. The Labute approximate surface area is 540 Å². The first-order valence-electron chi connectivity index (χ1n) is 31.7. The molecule has 0 bridgehead atoms. The molecule has 0 aliphatic heterocycles. The number of pyridine rings is 4. The largest absolute Gasteiger partial charge is 0.292 e. The summed E-state index contributed by atoms with van der Waals surface area (Å²) in [6.07, 6.45) is 3.70. The number of hydrogen-bond acceptors (Lipinski definition) is 6. The van der Waals surface area contributed by atoms with Gasteiger partial charge in [0.25, 0.3) is 0 Å². The van der Waals surface area contributed by atoms with E-state index >= 15 is 0 Å². The van der Waals surface area contributed by atoms with Crippen molar-refractivity contribution in [1.82, 2.24) is 39.0 Å². The molecule has 0 saturated heterocycles. The fourth-order valence-corrected chi connectivity index (χ4v) is 13.9. The van der Waals surface area contributed by atoms with Crippen LogP contribution in [0.3, 0.4) is 0 Å². The Hall–Kier alpha value is -12.8. The van der Waals surface area contributed by atoms with Crippen molar-refractivity contribution in [3.63, 3.8) is 0 Å². The second-order valence-corrected chi connectivity index (χ2v) is 23.7. The highest BCUT2D eigenvalue weighted by atomic mass is 15.1. The molecule has 0 saturated carbocycles. The van der Waals surface area contributed by atoms with Crippen molar-refractivity contribution in [3.8, 4) is 78.7 Å². The average Bonchev–Trinajstić information content (AvgIpc) is 1.67. The van der Waals surface area contributed by atoms with Crippen LogP contribution in [0.2, 0.25) is 0 Å². The summed E-state index contributed by atoms with van der Waals surface area (Å²) in [5.74, 6) is 1.86. The standard InChI is InChI=1S/C45H28N4.C41H26N4/c1-2-12-32(13-3-1)49-41-19-9-8-18-40(41)48-45(49)31-22-20-29(21-23-31)33-26-27-36(35-15-5-4-14-34(33)35)42-37-16-6-7-17-39(37)47-44-38(42)25-24-30-11-10-28-46-43(30)44;1-2-13-32(14-3-1)45-37-18-7-6-17-36(37)44-41(45)29-21-19-27(20-22-29)30-10-8-11-31(26-30)38-33-15-4-5-16-35(33)43-40-34(38)24-23-28-12-9-25-42-39(28)40/h1-28H;1-26H. The maximum absolute atomic E-state index is 5.14. The van der Waals surface area contributed by atoms with Gasteiger partial charge in [0.1, 0.15) is 11.6 Å². The zero-order valence-electron chi connectivity index (χ0n) is 50.8. The molecule has 0 spiro atoms. The third-order valence-corrected chi connectivity index (χ3v) is 18.3. The van der Waals surface area contributed by atoms with Gasteiger partial charge < -0.3 is 0 Å². The van der Waals surface area contributed by atoms with Gasteiger partial charge in [-0.25, -0.2) is 19.9 Å². The number of rotatable bonds is 8. The van der Waals surface area contributed by atoms with Crippen molar-refractivity contribution in [2.24, 2.45) is 0 Å². The first-order valence-corrected chi connectivity index (χ1v) is 31.7. The van der Waals surface area contributed by atoms with E-state index in [0.717, 1.165) is 144 Å². The summed E-state index contributed by atoms with van der Waals surface area (Å²) in [7, 11) is 0. The molecule has 0 N–H and O–H groups in total. The van der Waals surface area contributed by atoms with Crippen molar-refractivity contribution in [2.75, 3.05) is 0 Å². The number of para-hydroxylation sites is 8. The molecule has 0 atom stereocenters. The van der Waals surface area contributed by atoms with Gasteiger partial charge in [0.05, 0.1) is 55.2 Å². The normalized spacial score (nSPS) is 11.6. The van der Waals surface area contributed by atoms with Crippen LogP contribution < -0.4 is 0 Å². The van der Waals surface area contributed by atoms with Gasteiger partial charge in [-0.2, -0.15) is 0 Å². The summed E-state index contributed by atoms with van der Waals surface area (Å²) in [6.45, 7) is 0. The minimum Gasteiger partial charge on any atom is -0.292 e. The van der Waals surface area contributed by atoms with E-state index in [-0.39, 0.29) is 0 Å². The van der Waals surface area contributed by atoms with E-state index in [2.05, 4.69) is 282 Å². The molecule has 6 heterocycles. The summed E-state index contributed by atoms with van der Waals surface area (Å²) in [4.78, 5) is 29.8. The maximum atomic E-state index is 5.14. The Morgan fingerprint density at radius 2 is 0.649 bits per heavy atom. The van der Waals surface area contributed by atoms with Crippen LogP contribution in [0.5, 0.6) is 0 Å². The summed E-state index contributed by atoms with van der Waals surface area (Å²) >= 11 is 0. The lowest BCUT2D eigenvalue weighted by molar-refractivity contribution is 1.10. The molecule has 0 unspecified atom stereocenters. The molecular formula is C86H54N8. The average molecular weight is 1200 g/mol. The van der Waals surface area contributed by atoms with Crippen molar-refractivity contribution in [3.05, 3.63) is 328 Å². The molecule has 438 valence electrons. The van der Waals surface area contributed by atoms with Gasteiger partial charge in [-0.3, -0.25) is 19.1 Å². The van der Waals surface area contributed by atoms with E-state index < -0.39 is 0 Å². The Kier molecular flexibility index (Phi) is 13.0. The molecule has 94 heavy (non-hydrogen) atoms. The maximum Gasteiger partial charge on any atom is 0.145 e. The predicted octanol–water partition coefficient (Wildman–Crippen LogP) is 21.7. The zero-order chi connectivity index (χ0) is 62.1. The molecule has 0 aliphatic rings.